The minimum absolute atomic E-state index is 0.0959. The molecule has 18 heavy (non-hydrogen) atoms. The molecule has 4 heteroatoms. The molecule has 0 radical (unpaired) electrons. The molecule has 0 aliphatic carbocycles. The van der Waals surface area contributed by atoms with Crippen LogP contribution in [0.5, 0.6) is 0 Å². The van der Waals surface area contributed by atoms with Crippen LogP contribution in [0.2, 0.25) is 0 Å². The average Bonchev–Trinajstić information content (AvgIpc) is 2.28. The molecule has 3 nitrogen and oxygen atoms in total. The number of Topliss-reactive ketones (excluding diaryl/α,β-unsaturated/α-hetero) is 1. The Morgan fingerprint density at radius 3 is 2.17 bits per heavy atom. The van der Waals surface area contributed by atoms with E-state index in [0.29, 0.717) is 23.7 Å². The third kappa shape index (κ3) is 4.26. The third-order valence-corrected chi connectivity index (χ3v) is 4.45. The normalized spacial score (nSPS) is 11.8. The van der Waals surface area contributed by atoms with Crippen molar-refractivity contribution in [2.75, 3.05) is 5.75 Å². The number of carbonyl (C=O) groups is 1. The summed E-state index contributed by atoms with van der Waals surface area (Å²) in [6.07, 6.45) is 0.944. The molecule has 0 amide bonds. The lowest BCUT2D eigenvalue weighted by atomic mass is 10.0. The molecule has 0 N–H and O–H groups in total. The van der Waals surface area contributed by atoms with Gasteiger partial charge in [0.15, 0.2) is 9.84 Å². The summed E-state index contributed by atoms with van der Waals surface area (Å²) in [5, 5.41) is 0. The monoisotopic (exact) mass is 268 g/mol. The molecule has 0 fully saturated rings. The van der Waals surface area contributed by atoms with Gasteiger partial charge in [0.1, 0.15) is 5.78 Å². The van der Waals surface area contributed by atoms with Crippen LogP contribution in [0.3, 0.4) is 0 Å². The molecule has 1 rings (SSSR count). The number of hydrogen-bond donors (Lipinski definition) is 0. The van der Waals surface area contributed by atoms with Crippen LogP contribution in [0.1, 0.15) is 32.8 Å². The number of carbonyl (C=O) groups excluding carboxylic acids is 1. The van der Waals surface area contributed by atoms with E-state index in [4.69, 9.17) is 0 Å². The minimum Gasteiger partial charge on any atom is -0.299 e. The average molecular weight is 268 g/mol. The van der Waals surface area contributed by atoms with Gasteiger partial charge in [0.25, 0.3) is 0 Å². The molecule has 0 aliphatic rings. The number of sulfone groups is 1. The Kier molecular flexibility index (Phi) is 5.08. The molecule has 100 valence electrons. The molecular weight excluding hydrogens is 248 g/mol. The van der Waals surface area contributed by atoms with Gasteiger partial charge in [-0.25, -0.2) is 8.42 Å². The van der Waals surface area contributed by atoms with Crippen molar-refractivity contribution in [2.24, 2.45) is 5.92 Å². The second-order valence-electron chi connectivity index (χ2n) is 4.86. The molecule has 0 aliphatic heterocycles. The summed E-state index contributed by atoms with van der Waals surface area (Å²) in [5.41, 5.74) is 0.871. The van der Waals surface area contributed by atoms with Crippen molar-refractivity contribution in [2.45, 2.75) is 38.5 Å². The molecule has 0 spiro atoms. The van der Waals surface area contributed by atoms with E-state index in [1.54, 1.807) is 31.2 Å². The van der Waals surface area contributed by atoms with Crippen LogP contribution in [0, 0.1) is 5.92 Å². The van der Waals surface area contributed by atoms with Crippen molar-refractivity contribution in [3.63, 3.8) is 0 Å². The zero-order valence-electron chi connectivity index (χ0n) is 11.1. The van der Waals surface area contributed by atoms with Crippen LogP contribution in [0.15, 0.2) is 29.2 Å². The van der Waals surface area contributed by atoms with Crippen LogP contribution in [-0.2, 0) is 21.1 Å². The fourth-order valence-electron chi connectivity index (χ4n) is 1.74. The van der Waals surface area contributed by atoms with E-state index in [9.17, 15) is 13.2 Å². The Morgan fingerprint density at radius 1 is 1.17 bits per heavy atom. The predicted molar refractivity (Wildman–Crippen MR) is 72.3 cm³/mol. The van der Waals surface area contributed by atoms with E-state index in [1.165, 1.54) is 0 Å². The lowest BCUT2D eigenvalue weighted by Crippen LogP contribution is -2.07. The van der Waals surface area contributed by atoms with Crippen molar-refractivity contribution in [1.82, 2.24) is 0 Å². The fraction of sp³-hybridized carbons (Fsp3) is 0.500. The molecule has 0 saturated carbocycles. The highest BCUT2D eigenvalue weighted by Gasteiger charge is 2.12. The molecule has 1 aromatic rings. The molecule has 0 aromatic heterocycles. The molecule has 0 atom stereocenters. The maximum Gasteiger partial charge on any atom is 0.178 e. The van der Waals surface area contributed by atoms with Crippen LogP contribution >= 0.6 is 0 Å². The highest BCUT2D eigenvalue weighted by Crippen LogP contribution is 2.14. The highest BCUT2D eigenvalue weighted by atomic mass is 32.2. The van der Waals surface area contributed by atoms with Crippen LogP contribution < -0.4 is 0 Å². The fourth-order valence-corrected chi connectivity index (χ4v) is 2.62. The van der Waals surface area contributed by atoms with Gasteiger partial charge in [0.2, 0.25) is 0 Å². The first-order valence-electron chi connectivity index (χ1n) is 6.18. The number of hydrogen-bond acceptors (Lipinski definition) is 3. The summed E-state index contributed by atoms with van der Waals surface area (Å²) in [6.45, 7) is 5.64. The maximum absolute atomic E-state index is 11.6. The SMILES string of the molecule is CCS(=O)(=O)c1ccc(CC(=O)CC(C)C)cc1. The van der Waals surface area contributed by atoms with Gasteiger partial charge in [-0.1, -0.05) is 32.9 Å². The number of rotatable bonds is 6. The van der Waals surface area contributed by atoms with Gasteiger partial charge < -0.3 is 0 Å². The third-order valence-electron chi connectivity index (χ3n) is 2.70. The maximum atomic E-state index is 11.6. The first kappa shape index (κ1) is 14.9. The first-order chi connectivity index (χ1) is 8.35. The van der Waals surface area contributed by atoms with Crippen LogP contribution in [0.25, 0.3) is 0 Å². The zero-order chi connectivity index (χ0) is 13.8. The van der Waals surface area contributed by atoms with E-state index in [2.05, 4.69) is 0 Å². The largest absolute Gasteiger partial charge is 0.299 e. The Labute approximate surface area is 109 Å². The standard InChI is InChI=1S/C14H20O3S/c1-4-18(16,17)14-7-5-12(6-8-14)10-13(15)9-11(2)3/h5-8,11H,4,9-10H2,1-3H3. The van der Waals surface area contributed by atoms with Gasteiger partial charge in [-0.15, -0.1) is 0 Å². The van der Waals surface area contributed by atoms with Crippen molar-refractivity contribution in [1.29, 1.82) is 0 Å². The van der Waals surface area contributed by atoms with E-state index in [1.807, 2.05) is 13.8 Å². The van der Waals surface area contributed by atoms with E-state index < -0.39 is 9.84 Å². The smallest absolute Gasteiger partial charge is 0.178 e. The topological polar surface area (TPSA) is 51.2 Å². The van der Waals surface area contributed by atoms with Gasteiger partial charge in [-0.05, 0) is 23.6 Å². The Bertz CT molecular complexity index is 498. The van der Waals surface area contributed by atoms with Crippen molar-refractivity contribution >= 4 is 15.6 Å². The quantitative estimate of drug-likeness (QED) is 0.797. The lowest BCUT2D eigenvalue weighted by molar-refractivity contribution is -0.119. The summed E-state index contributed by atoms with van der Waals surface area (Å²) < 4.78 is 23.2. The van der Waals surface area contributed by atoms with Gasteiger partial charge in [0.05, 0.1) is 10.6 Å². The Balaban J connectivity index is 2.75. The molecule has 1 aromatic carbocycles. The summed E-state index contributed by atoms with van der Waals surface area (Å²) in [4.78, 5) is 12.0. The molecule has 0 heterocycles. The first-order valence-corrected chi connectivity index (χ1v) is 7.83. The molecule has 0 saturated heterocycles. The van der Waals surface area contributed by atoms with Gasteiger partial charge in [-0.3, -0.25) is 4.79 Å². The summed E-state index contributed by atoms with van der Waals surface area (Å²) in [5.74, 6) is 0.645. The zero-order valence-corrected chi connectivity index (χ0v) is 12.0. The Hall–Kier alpha value is -1.16. The summed E-state index contributed by atoms with van der Waals surface area (Å²) >= 11 is 0. The summed E-state index contributed by atoms with van der Waals surface area (Å²) in [6, 6.07) is 6.61. The highest BCUT2D eigenvalue weighted by molar-refractivity contribution is 7.91. The van der Waals surface area contributed by atoms with Crippen LogP contribution in [0.4, 0.5) is 0 Å². The summed E-state index contributed by atoms with van der Waals surface area (Å²) in [7, 11) is -3.15. The van der Waals surface area contributed by atoms with Gasteiger partial charge in [-0.2, -0.15) is 0 Å². The molecule has 0 unspecified atom stereocenters. The minimum atomic E-state index is -3.15. The molecular formula is C14H20O3S. The number of benzene rings is 1. The predicted octanol–water partition coefficient (Wildman–Crippen LogP) is 2.64. The van der Waals surface area contributed by atoms with Crippen molar-refractivity contribution in [3.05, 3.63) is 29.8 Å². The Morgan fingerprint density at radius 2 is 1.72 bits per heavy atom. The second-order valence-corrected chi connectivity index (χ2v) is 7.14. The van der Waals surface area contributed by atoms with E-state index in [0.717, 1.165) is 5.56 Å². The van der Waals surface area contributed by atoms with Gasteiger partial charge in [0, 0.05) is 12.8 Å². The molecule has 0 bridgehead atoms. The lowest BCUT2D eigenvalue weighted by Gasteiger charge is -2.05. The van der Waals surface area contributed by atoms with Crippen molar-refractivity contribution < 1.29 is 13.2 Å². The second kappa shape index (κ2) is 6.14. The van der Waals surface area contributed by atoms with E-state index in [-0.39, 0.29) is 11.5 Å². The van der Waals surface area contributed by atoms with Crippen LogP contribution in [-0.4, -0.2) is 20.0 Å². The number of ketones is 1. The van der Waals surface area contributed by atoms with Crippen molar-refractivity contribution in [3.8, 4) is 0 Å². The van der Waals surface area contributed by atoms with E-state index >= 15 is 0 Å². The van der Waals surface area contributed by atoms with Gasteiger partial charge >= 0.3 is 0 Å².